The maximum atomic E-state index is 10.9. The standard InChI is InChI=1S/C15H16O5/c1-2-8-18-11-3-5-12(6-4-11)20-10-14-13(15(16)17)7-9-19-14/h3-7,9H,2,8,10H2,1H3,(H,16,17). The lowest BCUT2D eigenvalue weighted by molar-refractivity contribution is 0.0692. The summed E-state index contributed by atoms with van der Waals surface area (Å²) in [5, 5.41) is 8.94. The van der Waals surface area contributed by atoms with Crippen LogP contribution < -0.4 is 9.47 Å². The van der Waals surface area contributed by atoms with Gasteiger partial charge in [-0.25, -0.2) is 4.79 Å². The summed E-state index contributed by atoms with van der Waals surface area (Å²) in [6.07, 6.45) is 2.29. The molecule has 0 aliphatic heterocycles. The highest BCUT2D eigenvalue weighted by Gasteiger charge is 2.13. The Morgan fingerprint density at radius 2 is 1.80 bits per heavy atom. The van der Waals surface area contributed by atoms with E-state index in [2.05, 4.69) is 0 Å². The highest BCUT2D eigenvalue weighted by atomic mass is 16.5. The van der Waals surface area contributed by atoms with Gasteiger partial charge in [-0.3, -0.25) is 0 Å². The average molecular weight is 276 g/mol. The Bertz CT molecular complexity index is 556. The Kier molecular flexibility index (Phi) is 4.65. The Morgan fingerprint density at radius 1 is 1.15 bits per heavy atom. The van der Waals surface area contributed by atoms with E-state index in [1.54, 1.807) is 12.1 Å². The molecule has 0 bridgehead atoms. The molecule has 0 saturated carbocycles. The fraction of sp³-hybridized carbons (Fsp3) is 0.267. The highest BCUT2D eigenvalue weighted by Crippen LogP contribution is 2.20. The van der Waals surface area contributed by atoms with Crippen LogP contribution in [0.1, 0.15) is 29.5 Å². The van der Waals surface area contributed by atoms with E-state index < -0.39 is 5.97 Å². The van der Waals surface area contributed by atoms with E-state index in [1.807, 2.05) is 19.1 Å². The first kappa shape index (κ1) is 14.0. The van der Waals surface area contributed by atoms with E-state index >= 15 is 0 Å². The molecule has 0 fully saturated rings. The van der Waals surface area contributed by atoms with Gasteiger partial charge in [-0.2, -0.15) is 0 Å². The monoisotopic (exact) mass is 276 g/mol. The molecule has 0 spiro atoms. The number of ether oxygens (including phenoxy) is 2. The molecule has 0 unspecified atom stereocenters. The number of carboxylic acids is 1. The van der Waals surface area contributed by atoms with E-state index in [1.165, 1.54) is 12.3 Å². The van der Waals surface area contributed by atoms with Crippen molar-refractivity contribution in [3.63, 3.8) is 0 Å². The zero-order valence-electron chi connectivity index (χ0n) is 11.2. The van der Waals surface area contributed by atoms with Gasteiger partial charge in [0, 0.05) is 0 Å². The molecule has 0 radical (unpaired) electrons. The van der Waals surface area contributed by atoms with Crippen LogP contribution >= 0.6 is 0 Å². The van der Waals surface area contributed by atoms with Crippen LogP contribution in [0.5, 0.6) is 11.5 Å². The van der Waals surface area contributed by atoms with Crippen molar-refractivity contribution in [1.82, 2.24) is 0 Å². The number of hydrogen-bond acceptors (Lipinski definition) is 4. The van der Waals surface area contributed by atoms with Gasteiger partial charge in [0.2, 0.25) is 0 Å². The summed E-state index contributed by atoms with van der Waals surface area (Å²) in [6, 6.07) is 8.57. The second-order valence-corrected chi connectivity index (χ2v) is 4.17. The Balaban J connectivity index is 1.93. The van der Waals surface area contributed by atoms with Crippen molar-refractivity contribution in [1.29, 1.82) is 0 Å². The van der Waals surface area contributed by atoms with E-state index in [0.717, 1.165) is 12.2 Å². The maximum absolute atomic E-state index is 10.9. The predicted octanol–water partition coefficient (Wildman–Crippen LogP) is 3.35. The van der Waals surface area contributed by atoms with Crippen LogP contribution in [0.3, 0.4) is 0 Å². The van der Waals surface area contributed by atoms with E-state index in [4.69, 9.17) is 19.0 Å². The average Bonchev–Trinajstić information content (AvgIpc) is 2.92. The molecule has 1 aromatic heterocycles. The predicted molar refractivity (Wildman–Crippen MR) is 72.2 cm³/mol. The Labute approximate surface area is 116 Å². The highest BCUT2D eigenvalue weighted by molar-refractivity contribution is 5.88. The van der Waals surface area contributed by atoms with Crippen molar-refractivity contribution in [3.8, 4) is 11.5 Å². The van der Waals surface area contributed by atoms with Crippen molar-refractivity contribution in [2.75, 3.05) is 6.61 Å². The van der Waals surface area contributed by atoms with Crippen molar-refractivity contribution < 1.29 is 23.8 Å². The van der Waals surface area contributed by atoms with Crippen molar-refractivity contribution in [3.05, 3.63) is 47.9 Å². The summed E-state index contributed by atoms with van der Waals surface area (Å²) in [5.74, 6) is 0.675. The minimum Gasteiger partial charge on any atom is -0.494 e. The normalized spacial score (nSPS) is 10.2. The molecule has 1 N–H and O–H groups in total. The minimum atomic E-state index is -1.03. The summed E-state index contributed by atoms with van der Waals surface area (Å²) in [7, 11) is 0. The van der Waals surface area contributed by atoms with Crippen LogP contribution in [-0.2, 0) is 6.61 Å². The quantitative estimate of drug-likeness (QED) is 0.839. The molecule has 1 aromatic carbocycles. The first-order chi connectivity index (χ1) is 9.70. The lowest BCUT2D eigenvalue weighted by atomic mass is 10.2. The van der Waals surface area contributed by atoms with Crippen molar-refractivity contribution in [2.45, 2.75) is 20.0 Å². The summed E-state index contributed by atoms with van der Waals surface area (Å²) >= 11 is 0. The molecule has 5 nitrogen and oxygen atoms in total. The molecule has 20 heavy (non-hydrogen) atoms. The van der Waals surface area contributed by atoms with Crippen LogP contribution in [0.25, 0.3) is 0 Å². The van der Waals surface area contributed by atoms with Gasteiger partial charge in [0.15, 0.2) is 5.76 Å². The van der Waals surface area contributed by atoms with Gasteiger partial charge in [0.1, 0.15) is 23.7 Å². The van der Waals surface area contributed by atoms with Gasteiger partial charge in [0.05, 0.1) is 12.9 Å². The van der Waals surface area contributed by atoms with Gasteiger partial charge in [0.25, 0.3) is 0 Å². The molecular weight excluding hydrogens is 260 g/mol. The number of hydrogen-bond donors (Lipinski definition) is 1. The second-order valence-electron chi connectivity index (χ2n) is 4.17. The molecule has 0 saturated heterocycles. The topological polar surface area (TPSA) is 68.9 Å². The summed E-state index contributed by atoms with van der Waals surface area (Å²) < 4.78 is 16.0. The minimum absolute atomic E-state index is 0.0732. The van der Waals surface area contributed by atoms with E-state index in [-0.39, 0.29) is 12.2 Å². The zero-order chi connectivity index (χ0) is 14.4. The largest absolute Gasteiger partial charge is 0.494 e. The Morgan fingerprint density at radius 3 is 2.40 bits per heavy atom. The number of furan rings is 1. The number of carbonyl (C=O) groups is 1. The molecule has 1 heterocycles. The molecule has 2 rings (SSSR count). The van der Waals surface area contributed by atoms with Gasteiger partial charge in [-0.15, -0.1) is 0 Å². The second kappa shape index (κ2) is 6.65. The smallest absolute Gasteiger partial charge is 0.339 e. The number of aromatic carboxylic acids is 1. The van der Waals surface area contributed by atoms with E-state index in [9.17, 15) is 4.79 Å². The molecule has 0 aliphatic rings. The zero-order valence-corrected chi connectivity index (χ0v) is 11.2. The molecule has 5 heteroatoms. The van der Waals surface area contributed by atoms with Crippen LogP contribution in [0.15, 0.2) is 41.0 Å². The third-order valence-electron chi connectivity index (χ3n) is 2.64. The molecular formula is C15H16O5. The van der Waals surface area contributed by atoms with Gasteiger partial charge in [-0.1, -0.05) is 6.92 Å². The molecule has 0 aliphatic carbocycles. The van der Waals surface area contributed by atoms with E-state index in [0.29, 0.717) is 18.1 Å². The first-order valence-electron chi connectivity index (χ1n) is 6.36. The maximum Gasteiger partial charge on any atom is 0.339 e. The SMILES string of the molecule is CCCOc1ccc(OCc2occc2C(=O)O)cc1. The summed E-state index contributed by atoms with van der Waals surface area (Å²) in [4.78, 5) is 10.9. The molecule has 106 valence electrons. The van der Waals surface area contributed by atoms with Gasteiger partial charge >= 0.3 is 5.97 Å². The number of rotatable bonds is 7. The molecule has 2 aromatic rings. The van der Waals surface area contributed by atoms with Crippen LogP contribution in [0.4, 0.5) is 0 Å². The number of carboxylic acid groups (broad SMARTS) is 1. The summed E-state index contributed by atoms with van der Waals surface area (Å²) in [5.41, 5.74) is 0.118. The van der Waals surface area contributed by atoms with Crippen LogP contribution in [-0.4, -0.2) is 17.7 Å². The van der Waals surface area contributed by atoms with Crippen LogP contribution in [0.2, 0.25) is 0 Å². The molecule has 0 amide bonds. The molecule has 0 atom stereocenters. The number of benzene rings is 1. The van der Waals surface area contributed by atoms with Crippen molar-refractivity contribution in [2.24, 2.45) is 0 Å². The van der Waals surface area contributed by atoms with Gasteiger partial charge in [-0.05, 0) is 36.8 Å². The van der Waals surface area contributed by atoms with Crippen molar-refractivity contribution >= 4 is 5.97 Å². The van der Waals surface area contributed by atoms with Gasteiger partial charge < -0.3 is 19.0 Å². The first-order valence-corrected chi connectivity index (χ1v) is 6.36. The fourth-order valence-corrected chi connectivity index (χ4v) is 1.64. The summed E-state index contributed by atoms with van der Waals surface area (Å²) in [6.45, 7) is 2.79. The third-order valence-corrected chi connectivity index (χ3v) is 2.64. The lowest BCUT2D eigenvalue weighted by Crippen LogP contribution is -2.02. The van der Waals surface area contributed by atoms with Crippen LogP contribution in [0, 0.1) is 0 Å². The Hall–Kier alpha value is -2.43. The third kappa shape index (κ3) is 3.54. The lowest BCUT2D eigenvalue weighted by Gasteiger charge is -2.07. The fourth-order valence-electron chi connectivity index (χ4n) is 1.64.